The summed E-state index contributed by atoms with van der Waals surface area (Å²) in [6.45, 7) is 2.06. The first-order valence-corrected chi connectivity index (χ1v) is 23.6. The van der Waals surface area contributed by atoms with Crippen LogP contribution >= 0.6 is 0 Å². The van der Waals surface area contributed by atoms with Crippen molar-refractivity contribution in [2.24, 2.45) is 0 Å². The van der Waals surface area contributed by atoms with Gasteiger partial charge < -0.3 is 15.3 Å². The number of rotatable bonds is 12. The van der Waals surface area contributed by atoms with Gasteiger partial charge in [0.25, 0.3) is 0 Å². The topological polar surface area (TPSA) is 112 Å². The Bertz CT molecular complexity index is 2540. The van der Waals surface area contributed by atoms with Crippen molar-refractivity contribution < 1.29 is 51.4 Å². The summed E-state index contributed by atoms with van der Waals surface area (Å²) in [6, 6.07) is 84.4. The van der Waals surface area contributed by atoms with Crippen LogP contribution in [0.1, 0.15) is 63.4 Å². The zero-order valence-corrected chi connectivity index (χ0v) is 42.0. The van der Waals surface area contributed by atoms with Crippen molar-refractivity contribution in [1.29, 1.82) is 0 Å². The molecule has 7 heteroatoms. The molecule has 0 aliphatic heterocycles. The first-order chi connectivity index (χ1) is 35.2. The molecule has 0 spiro atoms. The molecule has 3 N–H and O–H groups in total. The van der Waals surface area contributed by atoms with Gasteiger partial charge in [0.1, 0.15) is 16.2 Å². The normalized spacial score (nSPS) is 11.5. The second-order valence-electron chi connectivity index (χ2n) is 16.9. The molecule has 360 valence electrons. The molecule has 0 amide bonds. The minimum Gasteiger partial charge on any atom is -0.480 e. The summed E-state index contributed by atoms with van der Waals surface area (Å²) in [6.07, 6.45) is 8.33. The van der Waals surface area contributed by atoms with E-state index < -0.39 is 34.2 Å². The minimum absolute atomic E-state index is 0. The van der Waals surface area contributed by atoms with Gasteiger partial charge in [-0.3, -0.25) is 20.5 Å². The predicted octanol–water partition coefficient (Wildman–Crippen LogP) is 14.0. The van der Waals surface area contributed by atoms with E-state index in [0.717, 1.165) is 56.5 Å². The molecule has 0 heterocycles. The molecule has 1 aliphatic rings. The van der Waals surface area contributed by atoms with Crippen molar-refractivity contribution in [3.05, 3.63) is 347 Å². The van der Waals surface area contributed by atoms with Gasteiger partial charge >= 0.3 is 17.9 Å². The van der Waals surface area contributed by atoms with E-state index in [1.165, 1.54) is 5.57 Å². The first kappa shape index (κ1) is 53.9. The van der Waals surface area contributed by atoms with Crippen molar-refractivity contribution in [2.45, 2.75) is 29.6 Å². The number of hydrogen-bond donors (Lipinski definition) is 3. The Morgan fingerprint density at radius 1 is 0.315 bits per heavy atom. The molecule has 0 saturated heterocycles. The van der Waals surface area contributed by atoms with Crippen LogP contribution in [0.25, 0.3) is 0 Å². The van der Waals surface area contributed by atoms with Gasteiger partial charge in [0, 0.05) is 21.7 Å². The van der Waals surface area contributed by atoms with Gasteiger partial charge in [-0.2, -0.15) is 6.08 Å². The monoisotopic (exact) mass is 991 g/mol. The maximum atomic E-state index is 12.4. The van der Waals surface area contributed by atoms with Crippen molar-refractivity contribution in [3.63, 3.8) is 0 Å². The molecule has 9 aromatic rings. The summed E-state index contributed by atoms with van der Waals surface area (Å²) in [5, 5.41) is 30.6. The van der Waals surface area contributed by atoms with Gasteiger partial charge in [0.2, 0.25) is 0 Å². The van der Waals surface area contributed by atoms with Crippen LogP contribution in [-0.2, 0) is 52.3 Å². The third-order valence-corrected chi connectivity index (χ3v) is 12.7. The summed E-state index contributed by atoms with van der Waals surface area (Å²) in [4.78, 5) is 37.3. The average Bonchev–Trinajstić information content (AvgIpc) is 3.93. The number of hydrogen-bond acceptors (Lipinski definition) is 3. The van der Waals surface area contributed by atoms with E-state index in [1.54, 1.807) is 0 Å². The summed E-state index contributed by atoms with van der Waals surface area (Å²) < 4.78 is 0. The van der Waals surface area contributed by atoms with Crippen LogP contribution in [-0.4, -0.2) is 33.2 Å². The third-order valence-electron chi connectivity index (χ3n) is 12.7. The standard InChI is InChI=1S/3C20H16O2.C6H7.Ti/c3*21-19(22)20(16-10-4-1-5-11-16,17-12-6-2-7-13-17)18-14-8-3-9-15-18;1-6-4-2-3-5-6;/h3*1-15H,(H,21,22);2,4H,3H2,1H3;/q;;;-1;. The average molecular weight is 992 g/mol. The zero-order valence-electron chi connectivity index (χ0n) is 40.4. The van der Waals surface area contributed by atoms with Gasteiger partial charge in [0.15, 0.2) is 0 Å². The van der Waals surface area contributed by atoms with E-state index in [0.29, 0.717) is 0 Å². The van der Waals surface area contributed by atoms with E-state index in [1.807, 2.05) is 273 Å². The SMILES string of the molecule is CC1=[C-]CC=C1.O=C(O)C(c1ccccc1)(c1ccccc1)c1ccccc1.O=C(O)C(c1ccccc1)(c1ccccc1)c1ccccc1.O=C(O)C(c1ccccc1)(c1ccccc1)c1ccccc1.[Ti]. The number of allylic oxidation sites excluding steroid dienone is 4. The molecular formula is C66H55O6Ti-. The number of carboxylic acid groups (broad SMARTS) is 3. The Hall–Kier alpha value is -8.42. The molecule has 0 saturated carbocycles. The first-order valence-electron chi connectivity index (χ1n) is 23.6. The second-order valence-corrected chi connectivity index (χ2v) is 16.9. The van der Waals surface area contributed by atoms with Crippen LogP contribution in [0.3, 0.4) is 0 Å². The molecule has 1 aliphatic carbocycles. The van der Waals surface area contributed by atoms with Gasteiger partial charge in [-0.1, -0.05) is 280 Å². The second kappa shape index (κ2) is 26.2. The molecule has 0 bridgehead atoms. The predicted molar refractivity (Wildman–Crippen MR) is 287 cm³/mol. The quantitative estimate of drug-likeness (QED) is 0.0639. The summed E-state index contributed by atoms with van der Waals surface area (Å²) in [7, 11) is 0. The summed E-state index contributed by atoms with van der Waals surface area (Å²) >= 11 is 0. The number of aliphatic carboxylic acids is 3. The number of benzene rings is 9. The summed E-state index contributed by atoms with van der Waals surface area (Å²) in [5.74, 6) is -2.64. The molecule has 0 aromatic heterocycles. The summed E-state index contributed by atoms with van der Waals surface area (Å²) in [5.41, 5.74) is 4.41. The Morgan fingerprint density at radius 3 is 0.548 bits per heavy atom. The molecule has 0 atom stereocenters. The van der Waals surface area contributed by atoms with Gasteiger partial charge in [-0.15, -0.1) is 6.42 Å². The zero-order chi connectivity index (χ0) is 50.7. The van der Waals surface area contributed by atoms with E-state index in [9.17, 15) is 29.7 Å². The van der Waals surface area contributed by atoms with Gasteiger partial charge in [0.05, 0.1) is 0 Å². The molecular weight excluding hydrogens is 937 g/mol. The third kappa shape index (κ3) is 11.9. The maximum Gasteiger partial charge on any atom is 0.323 e. The van der Waals surface area contributed by atoms with E-state index >= 15 is 0 Å². The smallest absolute Gasteiger partial charge is 0.323 e. The number of carboxylic acids is 3. The van der Waals surface area contributed by atoms with Crippen LogP contribution in [0.15, 0.2) is 291 Å². The molecule has 73 heavy (non-hydrogen) atoms. The van der Waals surface area contributed by atoms with Crippen molar-refractivity contribution >= 4 is 17.9 Å². The molecule has 9 aromatic carbocycles. The minimum atomic E-state index is -1.20. The van der Waals surface area contributed by atoms with Gasteiger partial charge in [-0.25, -0.2) is 11.6 Å². The van der Waals surface area contributed by atoms with E-state index in [4.69, 9.17) is 0 Å². The Labute approximate surface area is 443 Å². The fraction of sp³-hybridized carbons (Fsp3) is 0.0758. The van der Waals surface area contributed by atoms with E-state index in [2.05, 4.69) is 25.2 Å². The van der Waals surface area contributed by atoms with Crippen LogP contribution in [0.4, 0.5) is 0 Å². The molecule has 6 nitrogen and oxygen atoms in total. The molecule has 0 fully saturated rings. The van der Waals surface area contributed by atoms with Crippen molar-refractivity contribution in [3.8, 4) is 0 Å². The van der Waals surface area contributed by atoms with Crippen LogP contribution in [0, 0.1) is 6.08 Å². The van der Waals surface area contributed by atoms with Gasteiger partial charge in [-0.05, 0) is 50.1 Å². The Morgan fingerprint density at radius 2 is 0.466 bits per heavy atom. The Kier molecular flexibility index (Phi) is 19.3. The Balaban J connectivity index is 0.000000167. The van der Waals surface area contributed by atoms with Crippen molar-refractivity contribution in [1.82, 2.24) is 0 Å². The van der Waals surface area contributed by atoms with Crippen LogP contribution < -0.4 is 0 Å². The van der Waals surface area contributed by atoms with E-state index in [-0.39, 0.29) is 21.7 Å². The fourth-order valence-corrected chi connectivity index (χ4v) is 9.32. The molecule has 0 radical (unpaired) electrons. The van der Waals surface area contributed by atoms with Crippen LogP contribution in [0.5, 0.6) is 0 Å². The van der Waals surface area contributed by atoms with Crippen molar-refractivity contribution in [2.75, 3.05) is 0 Å². The molecule has 10 rings (SSSR count). The molecule has 0 unspecified atom stereocenters. The fourth-order valence-electron chi connectivity index (χ4n) is 9.32. The number of carbonyl (C=O) groups is 3. The largest absolute Gasteiger partial charge is 0.480 e. The van der Waals surface area contributed by atoms with Crippen LogP contribution in [0.2, 0.25) is 0 Å². The maximum absolute atomic E-state index is 12.4.